The topological polar surface area (TPSA) is 72.1 Å². The molecule has 0 aliphatic carbocycles. The number of nitrogens with two attached hydrogens (primary N) is 1. The molecule has 0 unspecified atom stereocenters. The van der Waals surface area contributed by atoms with Gasteiger partial charge in [-0.15, -0.1) is 5.10 Å². The normalized spacial score (nSPS) is 10.5. The van der Waals surface area contributed by atoms with Gasteiger partial charge in [0.15, 0.2) is 0 Å². The van der Waals surface area contributed by atoms with Gasteiger partial charge in [0, 0.05) is 17.9 Å². The Hall–Kier alpha value is -1.95. The molecule has 2 rings (SSSR count). The van der Waals surface area contributed by atoms with Crippen molar-refractivity contribution in [3.8, 4) is 0 Å². The summed E-state index contributed by atoms with van der Waals surface area (Å²) >= 11 is 1.15. The number of amides is 1. The van der Waals surface area contributed by atoms with E-state index in [-0.39, 0.29) is 5.91 Å². The minimum Gasteiger partial charge on any atom is -0.399 e. The van der Waals surface area contributed by atoms with Crippen LogP contribution in [0.1, 0.15) is 35.6 Å². The number of hydrogen-bond acceptors (Lipinski definition) is 5. The smallest absolute Gasteiger partial charge is 0.271 e. The van der Waals surface area contributed by atoms with E-state index in [9.17, 15) is 4.79 Å². The molecule has 0 saturated carbocycles. The standard InChI is InChI=1S/C14H18N4OS/c1-3-8-18(11-7-5-6-10(15)9-11)14(19)13-12(4-2)16-17-20-13/h5-7,9H,3-4,8,15H2,1-2H3. The molecule has 0 spiro atoms. The van der Waals surface area contributed by atoms with Crippen LogP contribution in [0.3, 0.4) is 0 Å². The first-order valence-corrected chi connectivity index (χ1v) is 7.43. The van der Waals surface area contributed by atoms with Crippen LogP contribution < -0.4 is 10.6 Å². The fourth-order valence-corrected chi connectivity index (χ4v) is 2.69. The molecule has 0 aliphatic rings. The number of aromatic nitrogens is 2. The Morgan fingerprint density at radius 1 is 1.40 bits per heavy atom. The first-order chi connectivity index (χ1) is 9.67. The Bertz CT molecular complexity index is 596. The second-order valence-corrected chi connectivity index (χ2v) is 5.21. The van der Waals surface area contributed by atoms with Crippen molar-refractivity contribution in [2.45, 2.75) is 26.7 Å². The number of anilines is 2. The molecule has 1 aromatic carbocycles. The average Bonchev–Trinajstić information content (AvgIpc) is 2.92. The van der Waals surface area contributed by atoms with E-state index >= 15 is 0 Å². The largest absolute Gasteiger partial charge is 0.399 e. The van der Waals surface area contributed by atoms with Crippen LogP contribution in [0.2, 0.25) is 0 Å². The van der Waals surface area contributed by atoms with E-state index in [4.69, 9.17) is 5.73 Å². The lowest BCUT2D eigenvalue weighted by Crippen LogP contribution is -2.31. The third kappa shape index (κ3) is 2.96. The van der Waals surface area contributed by atoms with E-state index < -0.39 is 0 Å². The minimum atomic E-state index is -0.0516. The molecule has 5 nitrogen and oxygen atoms in total. The molecular formula is C14H18N4OS. The van der Waals surface area contributed by atoms with Crippen LogP contribution in [-0.2, 0) is 6.42 Å². The number of carbonyl (C=O) groups excluding carboxylic acids is 1. The van der Waals surface area contributed by atoms with Crippen molar-refractivity contribution in [3.05, 3.63) is 34.8 Å². The van der Waals surface area contributed by atoms with Crippen molar-refractivity contribution < 1.29 is 4.79 Å². The highest BCUT2D eigenvalue weighted by Crippen LogP contribution is 2.22. The number of benzene rings is 1. The lowest BCUT2D eigenvalue weighted by atomic mass is 10.2. The second-order valence-electron chi connectivity index (χ2n) is 4.45. The van der Waals surface area contributed by atoms with Crippen LogP contribution in [0, 0.1) is 0 Å². The Morgan fingerprint density at radius 2 is 2.20 bits per heavy atom. The molecule has 1 aromatic heterocycles. The predicted molar refractivity (Wildman–Crippen MR) is 82.1 cm³/mol. The van der Waals surface area contributed by atoms with Crippen molar-refractivity contribution in [1.82, 2.24) is 9.59 Å². The van der Waals surface area contributed by atoms with Gasteiger partial charge in [-0.25, -0.2) is 0 Å². The summed E-state index contributed by atoms with van der Waals surface area (Å²) in [5.41, 5.74) is 8.02. The zero-order valence-electron chi connectivity index (χ0n) is 11.7. The van der Waals surface area contributed by atoms with Crippen LogP contribution in [-0.4, -0.2) is 22.0 Å². The molecule has 0 fully saturated rings. The minimum absolute atomic E-state index is 0.0516. The van der Waals surface area contributed by atoms with Gasteiger partial charge in [0.1, 0.15) is 4.88 Å². The highest BCUT2D eigenvalue weighted by Gasteiger charge is 2.22. The highest BCUT2D eigenvalue weighted by molar-refractivity contribution is 7.08. The van der Waals surface area contributed by atoms with Crippen LogP contribution in [0.5, 0.6) is 0 Å². The van der Waals surface area contributed by atoms with Gasteiger partial charge in [-0.1, -0.05) is 24.4 Å². The van der Waals surface area contributed by atoms with Gasteiger partial charge in [-0.2, -0.15) is 0 Å². The molecule has 0 aliphatic heterocycles. The number of hydrogen-bond donors (Lipinski definition) is 1. The molecule has 1 heterocycles. The van der Waals surface area contributed by atoms with Crippen molar-refractivity contribution >= 4 is 28.8 Å². The van der Waals surface area contributed by atoms with Crippen molar-refractivity contribution in [2.24, 2.45) is 0 Å². The molecule has 1 amide bonds. The van der Waals surface area contributed by atoms with Crippen LogP contribution >= 0.6 is 11.5 Å². The number of carbonyl (C=O) groups is 1. The summed E-state index contributed by atoms with van der Waals surface area (Å²) in [6, 6.07) is 7.37. The summed E-state index contributed by atoms with van der Waals surface area (Å²) in [6.45, 7) is 4.65. The van der Waals surface area contributed by atoms with Crippen molar-refractivity contribution in [1.29, 1.82) is 0 Å². The number of rotatable bonds is 5. The molecule has 0 bridgehead atoms. The van der Waals surface area contributed by atoms with Crippen molar-refractivity contribution in [2.75, 3.05) is 17.2 Å². The fraction of sp³-hybridized carbons (Fsp3) is 0.357. The molecule has 0 atom stereocenters. The van der Waals surface area contributed by atoms with E-state index in [0.29, 0.717) is 23.5 Å². The lowest BCUT2D eigenvalue weighted by Gasteiger charge is -2.22. The summed E-state index contributed by atoms with van der Waals surface area (Å²) in [5.74, 6) is -0.0516. The molecule has 2 aromatic rings. The van der Waals surface area contributed by atoms with E-state index in [2.05, 4.69) is 9.59 Å². The Balaban J connectivity index is 2.36. The summed E-state index contributed by atoms with van der Waals surface area (Å²) in [4.78, 5) is 15.1. The van der Waals surface area contributed by atoms with Crippen LogP contribution in [0.4, 0.5) is 11.4 Å². The van der Waals surface area contributed by atoms with Crippen LogP contribution in [0.15, 0.2) is 24.3 Å². The molecular weight excluding hydrogens is 272 g/mol. The Morgan fingerprint density at radius 3 is 2.85 bits per heavy atom. The van der Waals surface area contributed by atoms with Gasteiger partial charge >= 0.3 is 0 Å². The fourth-order valence-electron chi connectivity index (χ4n) is 1.99. The van der Waals surface area contributed by atoms with Gasteiger partial charge in [-0.3, -0.25) is 4.79 Å². The second kappa shape index (κ2) is 6.47. The zero-order chi connectivity index (χ0) is 14.5. The number of nitrogen functional groups attached to an aromatic ring is 1. The maximum atomic E-state index is 12.7. The third-order valence-corrected chi connectivity index (χ3v) is 3.72. The van der Waals surface area contributed by atoms with E-state index in [1.807, 2.05) is 38.1 Å². The Kier molecular flexibility index (Phi) is 4.68. The quantitative estimate of drug-likeness (QED) is 0.859. The predicted octanol–water partition coefficient (Wildman–Crippen LogP) is 2.74. The van der Waals surface area contributed by atoms with Gasteiger partial charge in [0.25, 0.3) is 5.91 Å². The first kappa shape index (κ1) is 14.5. The third-order valence-electron chi connectivity index (χ3n) is 2.96. The Labute approximate surface area is 122 Å². The van der Waals surface area contributed by atoms with E-state index in [1.54, 1.807) is 4.90 Å². The van der Waals surface area contributed by atoms with E-state index in [0.717, 1.165) is 29.3 Å². The zero-order valence-corrected chi connectivity index (χ0v) is 12.5. The van der Waals surface area contributed by atoms with Gasteiger partial charge in [0.2, 0.25) is 0 Å². The van der Waals surface area contributed by atoms with Crippen molar-refractivity contribution in [3.63, 3.8) is 0 Å². The van der Waals surface area contributed by atoms with E-state index in [1.165, 1.54) is 0 Å². The monoisotopic (exact) mass is 290 g/mol. The lowest BCUT2D eigenvalue weighted by molar-refractivity contribution is 0.0990. The number of nitrogens with zero attached hydrogens (tertiary/aromatic N) is 3. The maximum absolute atomic E-state index is 12.7. The average molecular weight is 290 g/mol. The molecule has 2 N–H and O–H groups in total. The van der Waals surface area contributed by atoms with Gasteiger partial charge in [0.05, 0.1) is 5.69 Å². The first-order valence-electron chi connectivity index (χ1n) is 6.66. The molecule has 0 saturated heterocycles. The molecule has 0 radical (unpaired) electrons. The molecule has 20 heavy (non-hydrogen) atoms. The van der Waals surface area contributed by atoms with Crippen LogP contribution in [0.25, 0.3) is 0 Å². The summed E-state index contributed by atoms with van der Waals surface area (Å²) < 4.78 is 3.89. The molecule has 106 valence electrons. The summed E-state index contributed by atoms with van der Waals surface area (Å²) in [6.07, 6.45) is 1.57. The molecule has 6 heteroatoms. The highest BCUT2D eigenvalue weighted by atomic mass is 32.1. The number of aryl methyl sites for hydroxylation is 1. The SMILES string of the molecule is CCCN(C(=O)c1snnc1CC)c1cccc(N)c1. The van der Waals surface area contributed by atoms with Gasteiger partial charge in [-0.05, 0) is 42.6 Å². The summed E-state index contributed by atoms with van der Waals surface area (Å²) in [5, 5.41) is 4.01. The van der Waals surface area contributed by atoms with Gasteiger partial charge < -0.3 is 10.6 Å². The summed E-state index contributed by atoms with van der Waals surface area (Å²) in [7, 11) is 0. The maximum Gasteiger partial charge on any atom is 0.271 e.